The highest BCUT2D eigenvalue weighted by atomic mass is 79.9. The van der Waals surface area contributed by atoms with E-state index in [0.717, 1.165) is 10.0 Å². The summed E-state index contributed by atoms with van der Waals surface area (Å²) in [6, 6.07) is 13.3. The van der Waals surface area contributed by atoms with Crippen molar-refractivity contribution in [2.24, 2.45) is 5.73 Å². The molecular formula is C16H18BrNO3. The third-order valence-corrected chi connectivity index (χ3v) is 3.53. The van der Waals surface area contributed by atoms with Gasteiger partial charge < -0.3 is 19.9 Å². The van der Waals surface area contributed by atoms with Gasteiger partial charge in [-0.25, -0.2) is 0 Å². The van der Waals surface area contributed by atoms with Crippen LogP contribution in [0.25, 0.3) is 0 Å². The zero-order valence-corrected chi connectivity index (χ0v) is 13.6. The van der Waals surface area contributed by atoms with Crippen molar-refractivity contribution < 1.29 is 14.2 Å². The molecule has 2 aromatic carbocycles. The molecule has 0 amide bonds. The molecule has 0 aliphatic carbocycles. The topological polar surface area (TPSA) is 53.7 Å². The van der Waals surface area contributed by atoms with Gasteiger partial charge >= 0.3 is 0 Å². The number of hydrogen-bond acceptors (Lipinski definition) is 4. The number of methoxy groups -OCH3 is 2. The average Bonchev–Trinajstić information content (AvgIpc) is 2.52. The van der Waals surface area contributed by atoms with Gasteiger partial charge in [-0.3, -0.25) is 0 Å². The number of halogens is 1. The van der Waals surface area contributed by atoms with Gasteiger partial charge in [0.25, 0.3) is 0 Å². The molecule has 0 fully saturated rings. The molecule has 0 aromatic heterocycles. The average molecular weight is 352 g/mol. The van der Waals surface area contributed by atoms with Crippen LogP contribution in [0.5, 0.6) is 17.2 Å². The fraction of sp³-hybridized carbons (Fsp3) is 0.250. The summed E-state index contributed by atoms with van der Waals surface area (Å²) in [7, 11) is 3.21. The van der Waals surface area contributed by atoms with Gasteiger partial charge in [-0.1, -0.05) is 28.1 Å². The minimum Gasteiger partial charge on any atom is -0.496 e. The molecule has 112 valence electrons. The first kappa shape index (κ1) is 15.7. The first-order chi connectivity index (χ1) is 10.2. The Morgan fingerprint density at radius 3 is 2.14 bits per heavy atom. The summed E-state index contributed by atoms with van der Waals surface area (Å²) in [4.78, 5) is 0. The monoisotopic (exact) mass is 351 g/mol. The van der Waals surface area contributed by atoms with E-state index in [1.807, 2.05) is 36.4 Å². The van der Waals surface area contributed by atoms with E-state index in [2.05, 4.69) is 15.9 Å². The van der Waals surface area contributed by atoms with Crippen LogP contribution in [0.2, 0.25) is 0 Å². The van der Waals surface area contributed by atoms with Crippen molar-refractivity contribution in [1.82, 2.24) is 0 Å². The SMILES string of the molecule is COc1cc(OC)cc(OC(CN)c2cccc(Br)c2)c1. The Bertz CT molecular complexity index is 582. The molecule has 0 spiro atoms. The highest BCUT2D eigenvalue weighted by Gasteiger charge is 2.13. The van der Waals surface area contributed by atoms with Crippen molar-refractivity contribution in [3.8, 4) is 17.2 Å². The van der Waals surface area contributed by atoms with E-state index in [-0.39, 0.29) is 6.10 Å². The maximum absolute atomic E-state index is 5.98. The lowest BCUT2D eigenvalue weighted by Gasteiger charge is -2.19. The normalized spacial score (nSPS) is 11.8. The lowest BCUT2D eigenvalue weighted by atomic mass is 10.1. The van der Waals surface area contributed by atoms with Gasteiger partial charge in [0, 0.05) is 29.2 Å². The molecule has 0 aliphatic heterocycles. The van der Waals surface area contributed by atoms with Crippen LogP contribution >= 0.6 is 15.9 Å². The maximum atomic E-state index is 5.98. The molecule has 21 heavy (non-hydrogen) atoms. The summed E-state index contributed by atoms with van der Waals surface area (Å²) in [5.74, 6) is 2.00. The Morgan fingerprint density at radius 1 is 1.00 bits per heavy atom. The molecule has 0 bridgehead atoms. The summed E-state index contributed by atoms with van der Waals surface area (Å²) in [5.41, 5.74) is 6.85. The molecular weight excluding hydrogens is 334 g/mol. The third kappa shape index (κ3) is 4.12. The lowest BCUT2D eigenvalue weighted by Crippen LogP contribution is -2.18. The molecule has 2 N–H and O–H groups in total. The molecule has 1 atom stereocenters. The first-order valence-corrected chi connectivity index (χ1v) is 7.31. The number of rotatable bonds is 6. The molecule has 2 aromatic rings. The smallest absolute Gasteiger partial charge is 0.136 e. The molecule has 1 unspecified atom stereocenters. The van der Waals surface area contributed by atoms with Gasteiger partial charge in [0.15, 0.2) is 0 Å². The van der Waals surface area contributed by atoms with Gasteiger partial charge in [-0.2, -0.15) is 0 Å². The summed E-state index contributed by atoms with van der Waals surface area (Å²) < 4.78 is 17.5. The Kier molecular flexibility index (Phi) is 5.47. The fourth-order valence-corrected chi connectivity index (χ4v) is 2.39. The predicted molar refractivity (Wildman–Crippen MR) is 86.1 cm³/mol. The van der Waals surface area contributed by atoms with Crippen LogP contribution in [0.3, 0.4) is 0 Å². The molecule has 0 aliphatic rings. The second-order valence-electron chi connectivity index (χ2n) is 4.45. The highest BCUT2D eigenvalue weighted by Crippen LogP contribution is 2.31. The van der Waals surface area contributed by atoms with E-state index in [0.29, 0.717) is 23.8 Å². The number of benzene rings is 2. The summed E-state index contributed by atoms with van der Waals surface area (Å²) >= 11 is 3.45. The Hall–Kier alpha value is -1.72. The molecule has 0 saturated heterocycles. The zero-order valence-electron chi connectivity index (χ0n) is 12.0. The second-order valence-corrected chi connectivity index (χ2v) is 5.36. The van der Waals surface area contributed by atoms with Crippen molar-refractivity contribution in [1.29, 1.82) is 0 Å². The maximum Gasteiger partial charge on any atom is 0.136 e. The van der Waals surface area contributed by atoms with E-state index >= 15 is 0 Å². The van der Waals surface area contributed by atoms with Crippen molar-refractivity contribution in [2.75, 3.05) is 20.8 Å². The van der Waals surface area contributed by atoms with Crippen LogP contribution in [0.4, 0.5) is 0 Å². The van der Waals surface area contributed by atoms with Crippen molar-refractivity contribution in [3.63, 3.8) is 0 Å². The first-order valence-electron chi connectivity index (χ1n) is 6.51. The van der Waals surface area contributed by atoms with Gasteiger partial charge in [0.05, 0.1) is 14.2 Å². The molecule has 2 rings (SSSR count). The van der Waals surface area contributed by atoms with E-state index < -0.39 is 0 Å². The quantitative estimate of drug-likeness (QED) is 0.864. The molecule has 0 saturated carbocycles. The van der Waals surface area contributed by atoms with Crippen molar-refractivity contribution in [2.45, 2.75) is 6.10 Å². The van der Waals surface area contributed by atoms with E-state index in [1.54, 1.807) is 20.3 Å². The number of nitrogens with two attached hydrogens (primary N) is 1. The number of hydrogen-bond donors (Lipinski definition) is 1. The Labute approximate surface area is 132 Å². The minimum absolute atomic E-state index is 0.237. The zero-order chi connectivity index (χ0) is 15.2. The van der Waals surface area contributed by atoms with E-state index in [4.69, 9.17) is 19.9 Å². The van der Waals surface area contributed by atoms with Gasteiger partial charge in [0.2, 0.25) is 0 Å². The van der Waals surface area contributed by atoms with Crippen LogP contribution in [-0.2, 0) is 0 Å². The molecule has 0 heterocycles. The highest BCUT2D eigenvalue weighted by molar-refractivity contribution is 9.10. The largest absolute Gasteiger partial charge is 0.496 e. The molecule has 0 radical (unpaired) electrons. The standard InChI is InChI=1S/C16H18BrNO3/c1-19-13-7-14(20-2)9-15(8-13)21-16(10-18)11-4-3-5-12(17)6-11/h3-9,16H,10,18H2,1-2H3. The van der Waals surface area contributed by atoms with Crippen LogP contribution in [0.15, 0.2) is 46.9 Å². The Morgan fingerprint density at radius 2 is 1.62 bits per heavy atom. The molecule has 5 heteroatoms. The summed E-state index contributed by atoms with van der Waals surface area (Å²) in [6.07, 6.45) is -0.237. The van der Waals surface area contributed by atoms with Gasteiger partial charge in [0.1, 0.15) is 23.4 Å². The van der Waals surface area contributed by atoms with Crippen LogP contribution in [0.1, 0.15) is 11.7 Å². The van der Waals surface area contributed by atoms with E-state index in [1.165, 1.54) is 0 Å². The Balaban J connectivity index is 2.26. The fourth-order valence-electron chi connectivity index (χ4n) is 1.97. The lowest BCUT2D eigenvalue weighted by molar-refractivity contribution is 0.212. The van der Waals surface area contributed by atoms with Crippen molar-refractivity contribution in [3.05, 3.63) is 52.5 Å². The predicted octanol–water partition coefficient (Wildman–Crippen LogP) is 3.55. The van der Waals surface area contributed by atoms with E-state index in [9.17, 15) is 0 Å². The van der Waals surface area contributed by atoms with Crippen molar-refractivity contribution >= 4 is 15.9 Å². The summed E-state index contributed by atoms with van der Waals surface area (Å²) in [5, 5.41) is 0. The van der Waals surface area contributed by atoms with Crippen LogP contribution < -0.4 is 19.9 Å². The summed E-state index contributed by atoms with van der Waals surface area (Å²) in [6.45, 7) is 0.371. The second kappa shape index (κ2) is 7.33. The van der Waals surface area contributed by atoms with Gasteiger partial charge in [-0.15, -0.1) is 0 Å². The number of ether oxygens (including phenoxy) is 3. The van der Waals surface area contributed by atoms with Crippen LogP contribution in [-0.4, -0.2) is 20.8 Å². The molecule has 4 nitrogen and oxygen atoms in total. The van der Waals surface area contributed by atoms with Gasteiger partial charge in [-0.05, 0) is 17.7 Å². The van der Waals surface area contributed by atoms with Crippen LogP contribution in [0, 0.1) is 0 Å². The minimum atomic E-state index is -0.237. The third-order valence-electron chi connectivity index (χ3n) is 3.04.